The Kier molecular flexibility index (Phi) is 3.96. The number of rotatable bonds is 3. The van der Waals surface area contributed by atoms with Crippen LogP contribution in [0.3, 0.4) is 0 Å². The average molecular weight is 254 g/mol. The first-order chi connectivity index (χ1) is 8.15. The first kappa shape index (κ1) is 12.3. The molecule has 1 atom stereocenters. The lowest BCUT2D eigenvalue weighted by Crippen LogP contribution is -2.40. The smallest absolute Gasteiger partial charge is 0.321 e. The molecule has 0 aromatic carbocycles. The summed E-state index contributed by atoms with van der Waals surface area (Å²) in [5.41, 5.74) is 0. The Balaban J connectivity index is 1.76. The largest absolute Gasteiger partial charge is 0.334 e. The predicted octanol–water partition coefficient (Wildman–Crippen LogP) is 1.75. The van der Waals surface area contributed by atoms with E-state index in [2.05, 4.69) is 34.4 Å². The lowest BCUT2D eigenvalue weighted by molar-refractivity contribution is 0.244. The van der Waals surface area contributed by atoms with Crippen molar-refractivity contribution in [2.75, 3.05) is 18.4 Å². The molecule has 2 N–H and O–H groups in total. The van der Waals surface area contributed by atoms with Crippen molar-refractivity contribution in [1.29, 1.82) is 0 Å². The lowest BCUT2D eigenvalue weighted by Gasteiger charge is -2.20. The van der Waals surface area contributed by atoms with Gasteiger partial charge < -0.3 is 5.32 Å². The number of anilines is 1. The van der Waals surface area contributed by atoms with Gasteiger partial charge in [0.1, 0.15) is 0 Å². The minimum absolute atomic E-state index is 0.157. The van der Waals surface area contributed by atoms with Gasteiger partial charge in [-0.25, -0.2) is 9.78 Å². The van der Waals surface area contributed by atoms with Crippen molar-refractivity contribution in [3.63, 3.8) is 0 Å². The molecular weight excluding hydrogens is 236 g/mol. The predicted molar refractivity (Wildman–Crippen MR) is 69.4 cm³/mol. The van der Waals surface area contributed by atoms with E-state index in [0.29, 0.717) is 11.2 Å². The zero-order valence-corrected chi connectivity index (χ0v) is 11.0. The highest BCUT2D eigenvalue weighted by Crippen LogP contribution is 2.13. The molecule has 1 aliphatic heterocycles. The average Bonchev–Trinajstić information content (AvgIpc) is 2.88. The van der Waals surface area contributed by atoms with Gasteiger partial charge in [0, 0.05) is 36.8 Å². The van der Waals surface area contributed by atoms with E-state index in [1.807, 2.05) is 5.38 Å². The minimum atomic E-state index is -0.157. The van der Waals surface area contributed by atoms with Crippen molar-refractivity contribution in [3.8, 4) is 0 Å². The molecule has 17 heavy (non-hydrogen) atoms. The van der Waals surface area contributed by atoms with E-state index < -0.39 is 0 Å². The van der Waals surface area contributed by atoms with Gasteiger partial charge in [-0.1, -0.05) is 0 Å². The van der Waals surface area contributed by atoms with E-state index in [1.54, 1.807) is 6.20 Å². The summed E-state index contributed by atoms with van der Waals surface area (Å²) in [6.45, 7) is 6.35. The maximum absolute atomic E-state index is 11.7. The van der Waals surface area contributed by atoms with Crippen LogP contribution in [0.25, 0.3) is 0 Å². The van der Waals surface area contributed by atoms with Crippen LogP contribution in [-0.2, 0) is 0 Å². The van der Waals surface area contributed by atoms with Crippen LogP contribution in [0.2, 0.25) is 0 Å². The van der Waals surface area contributed by atoms with Crippen LogP contribution in [0.4, 0.5) is 9.93 Å². The quantitative estimate of drug-likeness (QED) is 0.864. The minimum Gasteiger partial charge on any atom is -0.334 e. The number of nitrogens with one attached hydrogen (secondary N) is 2. The van der Waals surface area contributed by atoms with Crippen LogP contribution in [0, 0.1) is 0 Å². The summed E-state index contributed by atoms with van der Waals surface area (Å²) >= 11 is 1.42. The van der Waals surface area contributed by atoms with Crippen molar-refractivity contribution in [2.24, 2.45) is 0 Å². The van der Waals surface area contributed by atoms with Crippen molar-refractivity contribution in [1.82, 2.24) is 15.2 Å². The van der Waals surface area contributed by atoms with Crippen LogP contribution in [0.5, 0.6) is 0 Å². The van der Waals surface area contributed by atoms with Crippen molar-refractivity contribution >= 4 is 22.5 Å². The van der Waals surface area contributed by atoms with Crippen molar-refractivity contribution in [2.45, 2.75) is 32.4 Å². The van der Waals surface area contributed by atoms with Crippen LogP contribution < -0.4 is 10.6 Å². The summed E-state index contributed by atoms with van der Waals surface area (Å²) in [4.78, 5) is 18.0. The molecule has 0 unspecified atom stereocenters. The maximum Gasteiger partial charge on any atom is 0.321 e. The second-order valence-corrected chi connectivity index (χ2v) is 5.40. The number of carbonyl (C=O) groups is 1. The molecule has 1 saturated heterocycles. The van der Waals surface area contributed by atoms with Gasteiger partial charge in [-0.15, -0.1) is 11.3 Å². The van der Waals surface area contributed by atoms with E-state index in [-0.39, 0.29) is 12.1 Å². The Morgan fingerprint density at radius 1 is 1.65 bits per heavy atom. The molecule has 2 rings (SSSR count). The SMILES string of the molecule is CC(C)N1CC[C@H](NC(=O)Nc2nccs2)C1. The summed E-state index contributed by atoms with van der Waals surface area (Å²) in [5, 5.41) is 8.19. The molecule has 1 aromatic heterocycles. The molecule has 2 amide bonds. The number of urea groups is 1. The summed E-state index contributed by atoms with van der Waals surface area (Å²) in [5.74, 6) is 0. The van der Waals surface area contributed by atoms with Crippen LogP contribution in [0.1, 0.15) is 20.3 Å². The summed E-state index contributed by atoms with van der Waals surface area (Å²) in [7, 11) is 0. The first-order valence-electron chi connectivity index (χ1n) is 5.86. The fourth-order valence-corrected chi connectivity index (χ4v) is 2.50. The molecule has 2 heterocycles. The molecule has 0 saturated carbocycles. The zero-order chi connectivity index (χ0) is 12.3. The number of aromatic nitrogens is 1. The third kappa shape index (κ3) is 3.41. The summed E-state index contributed by atoms with van der Waals surface area (Å²) in [6.07, 6.45) is 2.69. The van der Waals surface area contributed by atoms with Gasteiger partial charge in [0.05, 0.1) is 0 Å². The van der Waals surface area contributed by atoms with Crippen LogP contribution in [-0.4, -0.2) is 41.1 Å². The Hall–Kier alpha value is -1.14. The van der Waals surface area contributed by atoms with Gasteiger partial charge in [-0.2, -0.15) is 0 Å². The number of hydrogen-bond donors (Lipinski definition) is 2. The van der Waals surface area contributed by atoms with E-state index in [4.69, 9.17) is 0 Å². The van der Waals surface area contributed by atoms with E-state index in [9.17, 15) is 4.79 Å². The zero-order valence-electron chi connectivity index (χ0n) is 10.1. The van der Waals surface area contributed by atoms with Gasteiger partial charge >= 0.3 is 6.03 Å². The van der Waals surface area contributed by atoms with Crippen molar-refractivity contribution < 1.29 is 4.79 Å². The van der Waals surface area contributed by atoms with Gasteiger partial charge in [-0.05, 0) is 20.3 Å². The molecule has 0 radical (unpaired) electrons. The number of nitrogens with zero attached hydrogens (tertiary/aromatic N) is 2. The number of carbonyl (C=O) groups excluding carboxylic acids is 1. The second kappa shape index (κ2) is 5.46. The highest BCUT2D eigenvalue weighted by molar-refractivity contribution is 7.13. The highest BCUT2D eigenvalue weighted by Gasteiger charge is 2.25. The number of amides is 2. The highest BCUT2D eigenvalue weighted by atomic mass is 32.1. The van der Waals surface area contributed by atoms with Gasteiger partial charge in [-0.3, -0.25) is 10.2 Å². The Morgan fingerprint density at radius 3 is 3.06 bits per heavy atom. The van der Waals surface area contributed by atoms with Gasteiger partial charge in [0.2, 0.25) is 0 Å². The summed E-state index contributed by atoms with van der Waals surface area (Å²) in [6, 6.07) is 0.636. The fourth-order valence-electron chi connectivity index (χ4n) is 1.98. The van der Waals surface area contributed by atoms with E-state index >= 15 is 0 Å². The number of hydrogen-bond acceptors (Lipinski definition) is 4. The molecule has 0 bridgehead atoms. The molecule has 0 spiro atoms. The molecule has 1 aliphatic rings. The summed E-state index contributed by atoms with van der Waals surface area (Å²) < 4.78 is 0. The lowest BCUT2D eigenvalue weighted by atomic mass is 10.3. The molecule has 1 aromatic rings. The maximum atomic E-state index is 11.7. The van der Waals surface area contributed by atoms with Gasteiger partial charge in [0.15, 0.2) is 5.13 Å². The first-order valence-corrected chi connectivity index (χ1v) is 6.74. The molecular formula is C11H18N4OS. The molecule has 5 nitrogen and oxygen atoms in total. The molecule has 1 fully saturated rings. The Labute approximate surface area is 105 Å². The Morgan fingerprint density at radius 2 is 2.47 bits per heavy atom. The Bertz CT molecular complexity index is 366. The van der Waals surface area contributed by atoms with Crippen LogP contribution in [0.15, 0.2) is 11.6 Å². The van der Waals surface area contributed by atoms with E-state index in [0.717, 1.165) is 19.5 Å². The standard InChI is InChI=1S/C11H18N4OS/c1-8(2)15-5-3-9(7-15)13-10(16)14-11-12-4-6-17-11/h4,6,8-9H,3,5,7H2,1-2H3,(H2,12,13,14,16)/t9-/m0/s1. The monoisotopic (exact) mass is 254 g/mol. The number of thiazole rings is 1. The van der Waals surface area contributed by atoms with Gasteiger partial charge in [0.25, 0.3) is 0 Å². The topological polar surface area (TPSA) is 57.3 Å². The molecule has 0 aliphatic carbocycles. The third-order valence-electron chi connectivity index (χ3n) is 2.94. The number of likely N-dealkylation sites (tertiary alicyclic amines) is 1. The van der Waals surface area contributed by atoms with Crippen LogP contribution >= 0.6 is 11.3 Å². The fraction of sp³-hybridized carbons (Fsp3) is 0.636. The molecule has 94 valence electrons. The third-order valence-corrected chi connectivity index (χ3v) is 3.63. The normalized spacial score (nSPS) is 20.8. The molecule has 6 heteroatoms. The van der Waals surface area contributed by atoms with Crippen molar-refractivity contribution in [3.05, 3.63) is 11.6 Å². The van der Waals surface area contributed by atoms with E-state index in [1.165, 1.54) is 11.3 Å². The second-order valence-electron chi connectivity index (χ2n) is 4.51.